The quantitative estimate of drug-likeness (QED) is 0.915. The molecule has 4 rings (SSSR count). The van der Waals surface area contributed by atoms with Crippen LogP contribution in [0.1, 0.15) is 30.5 Å². The Labute approximate surface area is 141 Å². The number of carbonyl (C=O) groups excluding carboxylic acids is 1. The van der Waals surface area contributed by atoms with Crippen LogP contribution in [0.5, 0.6) is 11.5 Å². The van der Waals surface area contributed by atoms with E-state index in [9.17, 15) is 4.79 Å². The van der Waals surface area contributed by atoms with E-state index in [1.54, 1.807) is 12.0 Å². The average Bonchev–Trinajstić information content (AvgIpc) is 2.55. The van der Waals surface area contributed by atoms with Crippen molar-refractivity contribution in [3.05, 3.63) is 53.6 Å². The molecular formula is C19H20N2O3. The Balaban J connectivity index is 1.76. The monoisotopic (exact) mass is 324 g/mol. The molecule has 0 spiro atoms. The molecule has 0 saturated carbocycles. The van der Waals surface area contributed by atoms with Gasteiger partial charge in [-0.3, -0.25) is 4.90 Å². The predicted octanol–water partition coefficient (Wildman–Crippen LogP) is 3.77. The summed E-state index contributed by atoms with van der Waals surface area (Å²) in [5.74, 6) is 1.59. The van der Waals surface area contributed by atoms with Crippen LogP contribution in [0, 0.1) is 6.92 Å². The summed E-state index contributed by atoms with van der Waals surface area (Å²) < 4.78 is 11.5. The second kappa shape index (κ2) is 5.16. The molecule has 2 amide bonds. The fraction of sp³-hybridized carbons (Fsp3) is 0.316. The van der Waals surface area contributed by atoms with E-state index in [1.165, 1.54) is 0 Å². The van der Waals surface area contributed by atoms with E-state index in [-0.39, 0.29) is 12.1 Å². The maximum Gasteiger partial charge on any atom is 0.325 e. The summed E-state index contributed by atoms with van der Waals surface area (Å²) in [5.41, 5.74) is 2.27. The Morgan fingerprint density at radius 3 is 2.71 bits per heavy atom. The zero-order chi connectivity index (χ0) is 16.9. The van der Waals surface area contributed by atoms with Gasteiger partial charge in [-0.25, -0.2) is 4.79 Å². The molecule has 2 atom stereocenters. The highest BCUT2D eigenvalue weighted by Crippen LogP contribution is 2.45. The number of aryl methyl sites for hydroxylation is 1. The molecule has 1 fully saturated rings. The fourth-order valence-corrected chi connectivity index (χ4v) is 3.62. The maximum atomic E-state index is 12.8. The topological polar surface area (TPSA) is 50.8 Å². The molecule has 5 nitrogen and oxygen atoms in total. The lowest BCUT2D eigenvalue weighted by Crippen LogP contribution is -2.65. The van der Waals surface area contributed by atoms with Gasteiger partial charge >= 0.3 is 6.03 Å². The molecule has 5 heteroatoms. The Hall–Kier alpha value is -2.69. The second-order valence-electron chi connectivity index (χ2n) is 6.56. The van der Waals surface area contributed by atoms with Crippen LogP contribution in [0.15, 0.2) is 42.5 Å². The lowest BCUT2D eigenvalue weighted by Gasteiger charge is -2.50. The first kappa shape index (κ1) is 14.9. The lowest BCUT2D eigenvalue weighted by atomic mass is 9.89. The zero-order valence-corrected chi connectivity index (χ0v) is 14.0. The summed E-state index contributed by atoms with van der Waals surface area (Å²) in [6, 6.07) is 13.4. The Bertz CT molecular complexity index is 803. The van der Waals surface area contributed by atoms with Gasteiger partial charge in [0.15, 0.2) is 5.72 Å². The first-order valence-corrected chi connectivity index (χ1v) is 8.04. The number of methoxy groups -OCH3 is 1. The van der Waals surface area contributed by atoms with Gasteiger partial charge in [0, 0.05) is 17.7 Å². The van der Waals surface area contributed by atoms with Crippen molar-refractivity contribution >= 4 is 11.7 Å². The summed E-state index contributed by atoms with van der Waals surface area (Å²) in [7, 11) is 1.62. The van der Waals surface area contributed by atoms with E-state index in [2.05, 4.69) is 11.4 Å². The lowest BCUT2D eigenvalue weighted by molar-refractivity contribution is 0.0378. The number of hydrogen-bond donors (Lipinski definition) is 1. The van der Waals surface area contributed by atoms with Gasteiger partial charge in [0.1, 0.15) is 11.5 Å². The number of hydrogen-bond acceptors (Lipinski definition) is 3. The molecule has 0 aromatic heterocycles. The molecule has 2 aromatic rings. The molecular weight excluding hydrogens is 304 g/mol. The number of carbonyl (C=O) groups is 1. The summed E-state index contributed by atoms with van der Waals surface area (Å²) in [4.78, 5) is 14.5. The maximum absolute atomic E-state index is 12.8. The number of amides is 2. The summed E-state index contributed by atoms with van der Waals surface area (Å²) in [6.45, 7) is 4.01. The third kappa shape index (κ3) is 2.19. The van der Waals surface area contributed by atoms with Crippen LogP contribution < -0.4 is 19.7 Å². The van der Waals surface area contributed by atoms with Gasteiger partial charge in [-0.15, -0.1) is 0 Å². The van der Waals surface area contributed by atoms with Gasteiger partial charge in [0.05, 0.1) is 13.2 Å². The van der Waals surface area contributed by atoms with Gasteiger partial charge in [0.25, 0.3) is 0 Å². The number of fused-ring (bicyclic) bond motifs is 4. The standard InChI is InChI=1S/C19H20N2O3/c1-12-4-9-17-15(10-12)16-11-19(2,24-17)21(18(22)20-16)13-5-7-14(23-3)8-6-13/h4-10,16H,11H2,1-3H3,(H,20,22)/t16-,19+/m1/s1. The van der Waals surface area contributed by atoms with Crippen LogP contribution >= 0.6 is 0 Å². The molecule has 1 saturated heterocycles. The Kier molecular flexibility index (Phi) is 3.20. The van der Waals surface area contributed by atoms with Gasteiger partial charge in [-0.2, -0.15) is 0 Å². The van der Waals surface area contributed by atoms with E-state index >= 15 is 0 Å². The zero-order valence-electron chi connectivity index (χ0n) is 14.0. The molecule has 24 heavy (non-hydrogen) atoms. The molecule has 2 aromatic carbocycles. The third-order valence-electron chi connectivity index (χ3n) is 4.76. The first-order valence-electron chi connectivity index (χ1n) is 8.04. The van der Waals surface area contributed by atoms with E-state index in [0.29, 0.717) is 6.42 Å². The first-order chi connectivity index (χ1) is 11.5. The number of rotatable bonds is 2. The molecule has 124 valence electrons. The van der Waals surface area contributed by atoms with Crippen molar-refractivity contribution in [2.24, 2.45) is 0 Å². The number of urea groups is 1. The number of nitrogens with one attached hydrogen (secondary N) is 1. The van der Waals surface area contributed by atoms with Crippen molar-refractivity contribution < 1.29 is 14.3 Å². The van der Waals surface area contributed by atoms with Crippen LogP contribution in [0.4, 0.5) is 10.5 Å². The van der Waals surface area contributed by atoms with E-state index < -0.39 is 5.72 Å². The van der Waals surface area contributed by atoms with E-state index in [4.69, 9.17) is 9.47 Å². The van der Waals surface area contributed by atoms with Crippen LogP contribution in [0.2, 0.25) is 0 Å². The minimum absolute atomic E-state index is 0.0272. The molecule has 2 aliphatic rings. The van der Waals surface area contributed by atoms with Crippen LogP contribution in [-0.2, 0) is 0 Å². The summed E-state index contributed by atoms with van der Waals surface area (Å²) in [6.07, 6.45) is 0.696. The minimum Gasteiger partial charge on any atom is -0.497 e. The highest BCUT2D eigenvalue weighted by atomic mass is 16.5. The Morgan fingerprint density at radius 1 is 1.25 bits per heavy atom. The normalized spacial score (nSPS) is 24.7. The van der Waals surface area contributed by atoms with Gasteiger partial charge < -0.3 is 14.8 Å². The highest BCUT2D eigenvalue weighted by molar-refractivity contribution is 5.95. The van der Waals surface area contributed by atoms with Crippen molar-refractivity contribution in [1.29, 1.82) is 0 Å². The molecule has 2 bridgehead atoms. The van der Waals surface area contributed by atoms with Gasteiger partial charge in [-0.05, 0) is 44.2 Å². The molecule has 0 unspecified atom stereocenters. The number of anilines is 1. The summed E-state index contributed by atoms with van der Waals surface area (Å²) >= 11 is 0. The SMILES string of the molecule is COc1ccc(N2C(=O)N[C@@H]3C[C@]2(C)Oc2ccc(C)cc23)cc1. The minimum atomic E-state index is -0.718. The largest absolute Gasteiger partial charge is 0.497 e. The second-order valence-corrected chi connectivity index (χ2v) is 6.56. The van der Waals surface area contributed by atoms with Crippen molar-refractivity contribution in [2.45, 2.75) is 32.0 Å². The molecule has 0 aliphatic carbocycles. The average molecular weight is 324 g/mol. The number of nitrogens with zero attached hydrogens (tertiary/aromatic N) is 1. The van der Waals surface area contributed by atoms with Crippen molar-refractivity contribution in [2.75, 3.05) is 12.0 Å². The summed E-state index contributed by atoms with van der Waals surface area (Å²) in [5, 5.41) is 3.11. The van der Waals surface area contributed by atoms with Gasteiger partial charge in [0.2, 0.25) is 0 Å². The van der Waals surface area contributed by atoms with Crippen molar-refractivity contribution in [1.82, 2.24) is 5.32 Å². The number of benzene rings is 2. The Morgan fingerprint density at radius 2 is 2.00 bits per heavy atom. The molecule has 0 radical (unpaired) electrons. The molecule has 2 heterocycles. The predicted molar refractivity (Wildman–Crippen MR) is 91.6 cm³/mol. The fourth-order valence-electron chi connectivity index (χ4n) is 3.62. The van der Waals surface area contributed by atoms with Crippen molar-refractivity contribution in [3.63, 3.8) is 0 Å². The van der Waals surface area contributed by atoms with Crippen LogP contribution in [-0.4, -0.2) is 18.9 Å². The molecule has 1 N–H and O–H groups in total. The van der Waals surface area contributed by atoms with Crippen LogP contribution in [0.3, 0.4) is 0 Å². The smallest absolute Gasteiger partial charge is 0.325 e. The third-order valence-corrected chi connectivity index (χ3v) is 4.76. The number of ether oxygens (including phenoxy) is 2. The highest BCUT2D eigenvalue weighted by Gasteiger charge is 2.49. The van der Waals surface area contributed by atoms with Gasteiger partial charge in [-0.1, -0.05) is 17.7 Å². The molecule has 2 aliphatic heterocycles. The van der Waals surface area contributed by atoms with Crippen LogP contribution in [0.25, 0.3) is 0 Å². The van der Waals surface area contributed by atoms with E-state index in [1.807, 2.05) is 50.2 Å². The van der Waals surface area contributed by atoms with Crippen molar-refractivity contribution in [3.8, 4) is 11.5 Å². The van der Waals surface area contributed by atoms with E-state index in [0.717, 1.165) is 28.3 Å².